The number of aliphatic carboxylic acids is 1. The predicted molar refractivity (Wildman–Crippen MR) is 156 cm³/mol. The highest BCUT2D eigenvalue weighted by atomic mass is 35.5. The number of halogens is 2. The number of imide groups is 2. The van der Waals surface area contributed by atoms with Crippen LogP contribution in [0.1, 0.15) is 37.7 Å². The van der Waals surface area contributed by atoms with Crippen LogP contribution < -0.4 is 14.4 Å². The molecule has 0 radical (unpaired) electrons. The molecule has 2 aromatic carbocycles. The summed E-state index contributed by atoms with van der Waals surface area (Å²) in [4.78, 5) is 69.3. The molecule has 6 unspecified atom stereocenters. The van der Waals surface area contributed by atoms with Gasteiger partial charge in [0, 0.05) is 30.2 Å². The zero-order valence-corrected chi connectivity index (χ0v) is 25.3. The lowest BCUT2D eigenvalue weighted by atomic mass is 9.51. The van der Waals surface area contributed by atoms with Gasteiger partial charge in [-0.15, -0.1) is 0 Å². The summed E-state index contributed by atoms with van der Waals surface area (Å²) in [6, 6.07) is 6.28. The molecule has 2 heterocycles. The Hall–Kier alpha value is -4.45. The Bertz CT molecular complexity index is 1680. The number of likely N-dealkylation sites (tertiary alicyclic amines) is 1. The van der Waals surface area contributed by atoms with Gasteiger partial charge >= 0.3 is 5.97 Å². The fourth-order valence-electron chi connectivity index (χ4n) is 7.90. The SMILES string of the molecule is COc1cc(O)cc(OC)c1C1C2=CCC3C(=O)N(CCC(=O)O)C(=O)C3C2CC2C(=O)N(c3ccc(F)c(Cl)c3)C(=O)C21C. The molecule has 2 aliphatic heterocycles. The number of carboxylic acid groups (broad SMARTS) is 1. The number of phenolic OH excluding ortho intramolecular Hbond substituents is 1. The molecule has 4 amide bonds. The summed E-state index contributed by atoms with van der Waals surface area (Å²) in [5.74, 6) is -8.06. The number of fused-ring (bicyclic) bond motifs is 4. The van der Waals surface area contributed by atoms with E-state index in [1.54, 1.807) is 6.92 Å². The molecule has 0 aromatic heterocycles. The van der Waals surface area contributed by atoms with Gasteiger partial charge in [-0.25, -0.2) is 9.29 Å². The molecule has 11 nitrogen and oxygen atoms in total. The quantitative estimate of drug-likeness (QED) is 0.339. The second kappa shape index (κ2) is 10.9. The highest BCUT2D eigenvalue weighted by molar-refractivity contribution is 6.31. The Balaban J connectivity index is 1.55. The van der Waals surface area contributed by atoms with Crippen LogP contribution in [0, 0.1) is 34.9 Å². The van der Waals surface area contributed by atoms with E-state index in [1.165, 1.54) is 38.5 Å². The fourth-order valence-corrected chi connectivity index (χ4v) is 8.07. The number of ether oxygens (including phenoxy) is 2. The van der Waals surface area contributed by atoms with Crippen molar-refractivity contribution in [2.45, 2.75) is 32.1 Å². The highest BCUT2D eigenvalue weighted by Crippen LogP contribution is 2.65. The number of phenols is 1. The third kappa shape index (κ3) is 4.40. The number of carboxylic acids is 1. The molecule has 13 heteroatoms. The average molecular weight is 641 g/mol. The van der Waals surface area contributed by atoms with Crippen molar-refractivity contribution in [2.75, 3.05) is 25.7 Å². The van der Waals surface area contributed by atoms with Gasteiger partial charge in [-0.3, -0.25) is 28.9 Å². The summed E-state index contributed by atoms with van der Waals surface area (Å²) in [5.41, 5.74) is -0.380. The van der Waals surface area contributed by atoms with Crippen LogP contribution in [0.2, 0.25) is 5.02 Å². The Morgan fingerprint density at radius 1 is 1.04 bits per heavy atom. The molecule has 2 saturated heterocycles. The van der Waals surface area contributed by atoms with E-state index in [9.17, 15) is 38.6 Å². The van der Waals surface area contributed by atoms with Gasteiger partial charge in [-0.1, -0.05) is 23.3 Å². The van der Waals surface area contributed by atoms with E-state index in [0.717, 1.165) is 15.9 Å². The number of amides is 4. The number of carbonyl (C=O) groups excluding carboxylic acids is 4. The maximum absolute atomic E-state index is 14.6. The molecule has 6 atom stereocenters. The van der Waals surface area contributed by atoms with Crippen molar-refractivity contribution >= 4 is 46.9 Å². The van der Waals surface area contributed by atoms with Crippen molar-refractivity contribution in [3.63, 3.8) is 0 Å². The number of nitrogens with zero attached hydrogens (tertiary/aromatic N) is 2. The summed E-state index contributed by atoms with van der Waals surface area (Å²) < 4.78 is 25.4. The Morgan fingerprint density at radius 2 is 1.71 bits per heavy atom. The van der Waals surface area contributed by atoms with Gasteiger partial charge in [0.15, 0.2) is 0 Å². The minimum Gasteiger partial charge on any atom is -0.508 e. The number of allylic oxidation sites excluding steroid dienone is 2. The summed E-state index contributed by atoms with van der Waals surface area (Å²) in [6.07, 6.45) is 1.62. The highest BCUT2D eigenvalue weighted by Gasteiger charge is 2.68. The molecule has 2 aliphatic carbocycles. The van der Waals surface area contributed by atoms with Gasteiger partial charge < -0.3 is 19.7 Å². The van der Waals surface area contributed by atoms with E-state index < -0.39 is 76.8 Å². The number of hydrogen-bond acceptors (Lipinski definition) is 8. The third-order valence-corrected chi connectivity index (χ3v) is 10.2. The van der Waals surface area contributed by atoms with Crippen LogP contribution in [0.5, 0.6) is 17.2 Å². The van der Waals surface area contributed by atoms with E-state index in [1.807, 2.05) is 6.08 Å². The van der Waals surface area contributed by atoms with E-state index in [2.05, 4.69) is 0 Å². The first-order valence-corrected chi connectivity index (χ1v) is 14.8. The Labute approximate surface area is 262 Å². The van der Waals surface area contributed by atoms with Gasteiger partial charge in [0.05, 0.1) is 54.5 Å². The number of anilines is 1. The van der Waals surface area contributed by atoms with Gasteiger partial charge in [0.25, 0.3) is 0 Å². The average Bonchev–Trinajstić information content (AvgIpc) is 3.36. The van der Waals surface area contributed by atoms with E-state index in [-0.39, 0.29) is 47.3 Å². The smallest absolute Gasteiger partial charge is 0.305 e. The van der Waals surface area contributed by atoms with Crippen molar-refractivity contribution in [3.8, 4) is 17.2 Å². The topological polar surface area (TPSA) is 151 Å². The normalized spacial score (nSPS) is 28.9. The summed E-state index contributed by atoms with van der Waals surface area (Å²) in [5, 5.41) is 19.4. The molecule has 2 N–H and O–H groups in total. The number of benzene rings is 2. The monoisotopic (exact) mass is 640 g/mol. The lowest BCUT2D eigenvalue weighted by Crippen LogP contribution is -2.49. The molecule has 45 heavy (non-hydrogen) atoms. The fraction of sp³-hybridized carbons (Fsp3) is 0.406. The van der Waals surface area contributed by atoms with Crippen LogP contribution in [-0.4, -0.2) is 65.5 Å². The number of carbonyl (C=O) groups is 5. The van der Waals surface area contributed by atoms with Crippen molar-refractivity contribution in [3.05, 3.63) is 58.4 Å². The molecule has 236 valence electrons. The second-order valence-electron chi connectivity index (χ2n) is 12.0. The van der Waals surface area contributed by atoms with Crippen LogP contribution >= 0.6 is 11.6 Å². The maximum Gasteiger partial charge on any atom is 0.305 e. The number of methoxy groups -OCH3 is 2. The molecule has 1 saturated carbocycles. The van der Waals surface area contributed by atoms with E-state index >= 15 is 0 Å². The number of rotatable bonds is 7. The van der Waals surface area contributed by atoms with Crippen LogP contribution in [0.15, 0.2) is 42.0 Å². The van der Waals surface area contributed by atoms with Gasteiger partial charge in [-0.2, -0.15) is 0 Å². The Morgan fingerprint density at radius 3 is 2.31 bits per heavy atom. The lowest BCUT2D eigenvalue weighted by molar-refractivity contribution is -0.142. The van der Waals surface area contributed by atoms with Crippen LogP contribution in [-0.2, 0) is 24.0 Å². The lowest BCUT2D eigenvalue weighted by Gasteiger charge is -2.49. The van der Waals surface area contributed by atoms with E-state index in [4.69, 9.17) is 21.1 Å². The zero-order chi connectivity index (χ0) is 32.5. The molecular formula is C32H30ClFN2O9. The first-order chi connectivity index (χ1) is 21.3. The maximum atomic E-state index is 14.6. The van der Waals surface area contributed by atoms with Crippen molar-refractivity contribution in [1.82, 2.24) is 4.90 Å². The molecule has 2 aromatic rings. The second-order valence-corrected chi connectivity index (χ2v) is 12.4. The van der Waals surface area contributed by atoms with Crippen molar-refractivity contribution < 1.29 is 48.0 Å². The summed E-state index contributed by atoms with van der Waals surface area (Å²) in [7, 11) is 2.77. The molecule has 4 aliphatic rings. The number of hydrogen-bond donors (Lipinski definition) is 2. The van der Waals surface area contributed by atoms with Crippen LogP contribution in [0.3, 0.4) is 0 Å². The Kier molecular flexibility index (Phi) is 7.38. The minimum absolute atomic E-state index is 0.0461. The minimum atomic E-state index is -1.47. The van der Waals surface area contributed by atoms with Crippen LogP contribution in [0.4, 0.5) is 10.1 Å². The third-order valence-electron chi connectivity index (χ3n) is 9.89. The molecule has 0 spiro atoms. The summed E-state index contributed by atoms with van der Waals surface area (Å²) >= 11 is 6.04. The van der Waals surface area contributed by atoms with Crippen LogP contribution in [0.25, 0.3) is 0 Å². The first-order valence-electron chi connectivity index (χ1n) is 14.4. The van der Waals surface area contributed by atoms with E-state index in [0.29, 0.717) is 11.1 Å². The number of aromatic hydroxyl groups is 1. The van der Waals surface area contributed by atoms with Crippen molar-refractivity contribution in [2.24, 2.45) is 29.1 Å². The molecular weight excluding hydrogens is 611 g/mol. The summed E-state index contributed by atoms with van der Waals surface area (Å²) in [6.45, 7) is 1.38. The van der Waals surface area contributed by atoms with Gasteiger partial charge in [0.2, 0.25) is 23.6 Å². The standard InChI is InChI=1S/C32H30ClFN2O9/c1-32-19(29(41)36(31(32)43)14-4-7-21(34)20(33)10-14)13-18-16(27(32)26-22(44-2)11-15(37)12-23(26)45-3)5-6-17-25(18)30(42)35(28(17)40)9-8-24(38)39/h4-5,7,10-12,17-19,25,27,37H,6,8-9,13H2,1-3H3,(H,38,39). The van der Waals surface area contributed by atoms with Gasteiger partial charge in [-0.05, 0) is 43.9 Å². The van der Waals surface area contributed by atoms with Crippen molar-refractivity contribution in [1.29, 1.82) is 0 Å². The molecule has 0 bridgehead atoms. The first kappa shape index (κ1) is 30.6. The largest absolute Gasteiger partial charge is 0.508 e. The van der Waals surface area contributed by atoms with Gasteiger partial charge in [0.1, 0.15) is 23.1 Å². The molecule has 3 fully saturated rings. The molecule has 6 rings (SSSR count). The predicted octanol–water partition coefficient (Wildman–Crippen LogP) is 3.91. The zero-order valence-electron chi connectivity index (χ0n) is 24.6.